The highest BCUT2D eigenvalue weighted by Crippen LogP contribution is 2.05. The monoisotopic (exact) mass is 253 g/mol. The number of carbonyl (C=O) groups is 1. The number of aliphatic carboxylic acids is 1. The minimum Gasteiger partial charge on any atom is -0.479 e. The third-order valence-electron chi connectivity index (χ3n) is 2.74. The van der Waals surface area contributed by atoms with Gasteiger partial charge in [-0.2, -0.15) is 0 Å². The maximum Gasteiger partial charge on any atom is 0.336 e. The third kappa shape index (κ3) is 4.44. The smallest absolute Gasteiger partial charge is 0.336 e. The minimum absolute atomic E-state index is 0.111. The fourth-order valence-electron chi connectivity index (χ4n) is 1.52. The van der Waals surface area contributed by atoms with Gasteiger partial charge in [-0.25, -0.2) is 4.79 Å². The highest BCUT2D eigenvalue weighted by molar-refractivity contribution is 5.76. The molecule has 0 saturated heterocycles. The van der Waals surface area contributed by atoms with Gasteiger partial charge in [-0.05, 0) is 18.9 Å². The maximum absolute atomic E-state index is 10.7. The Morgan fingerprint density at radius 2 is 2.00 bits per heavy atom. The van der Waals surface area contributed by atoms with E-state index in [9.17, 15) is 15.0 Å². The predicted octanol–water partition coefficient (Wildman–Crippen LogP) is 0.0152. The van der Waals surface area contributed by atoms with Gasteiger partial charge in [-0.15, -0.1) is 0 Å². The summed E-state index contributed by atoms with van der Waals surface area (Å²) in [5, 5.41) is 30.4. The average Bonchev–Trinajstić information content (AvgIpc) is 2.35. The van der Waals surface area contributed by atoms with Crippen molar-refractivity contribution in [3.8, 4) is 0 Å². The highest BCUT2D eigenvalue weighted by Gasteiger charge is 2.30. The maximum atomic E-state index is 10.7. The van der Waals surface area contributed by atoms with Crippen LogP contribution in [0.5, 0.6) is 0 Å². The molecule has 0 aromatic heterocycles. The van der Waals surface area contributed by atoms with Crippen LogP contribution in [0.1, 0.15) is 12.5 Å². The number of rotatable bonds is 7. The number of aliphatic hydroxyl groups is 2. The van der Waals surface area contributed by atoms with E-state index in [2.05, 4.69) is 5.32 Å². The first-order chi connectivity index (χ1) is 8.45. The normalized spacial score (nSPS) is 15.9. The van der Waals surface area contributed by atoms with Gasteiger partial charge in [0.15, 0.2) is 5.60 Å². The SMILES string of the molecule is CC(O)(CNC(CO)Cc1ccccc1)C(=O)O. The molecular formula is C13H19NO4. The molecule has 4 N–H and O–H groups in total. The second kappa shape index (κ2) is 6.49. The van der Waals surface area contributed by atoms with E-state index in [1.807, 2.05) is 30.3 Å². The van der Waals surface area contributed by atoms with Gasteiger partial charge in [-0.3, -0.25) is 0 Å². The molecule has 100 valence electrons. The van der Waals surface area contributed by atoms with Crippen LogP contribution in [-0.2, 0) is 11.2 Å². The van der Waals surface area contributed by atoms with Crippen molar-refractivity contribution in [3.63, 3.8) is 0 Å². The summed E-state index contributed by atoms with van der Waals surface area (Å²) in [5.41, 5.74) is -0.789. The van der Waals surface area contributed by atoms with Crippen molar-refractivity contribution in [1.82, 2.24) is 5.32 Å². The Labute approximate surface area is 106 Å². The van der Waals surface area contributed by atoms with Crippen LogP contribution in [0.3, 0.4) is 0 Å². The van der Waals surface area contributed by atoms with Gasteiger partial charge in [0, 0.05) is 12.6 Å². The van der Waals surface area contributed by atoms with Crippen molar-refractivity contribution in [2.75, 3.05) is 13.2 Å². The Morgan fingerprint density at radius 1 is 1.39 bits per heavy atom. The molecule has 0 aliphatic carbocycles. The van der Waals surface area contributed by atoms with Crippen LogP contribution >= 0.6 is 0 Å². The molecule has 2 unspecified atom stereocenters. The van der Waals surface area contributed by atoms with Gasteiger partial charge in [0.05, 0.1) is 6.61 Å². The summed E-state index contributed by atoms with van der Waals surface area (Å²) < 4.78 is 0. The molecule has 0 amide bonds. The molecule has 1 rings (SSSR count). The summed E-state index contributed by atoms with van der Waals surface area (Å²) in [6, 6.07) is 9.28. The molecule has 0 radical (unpaired) electrons. The molecule has 5 nitrogen and oxygen atoms in total. The summed E-state index contributed by atoms with van der Waals surface area (Å²) in [5.74, 6) is -1.29. The number of hydrogen-bond donors (Lipinski definition) is 4. The first-order valence-corrected chi connectivity index (χ1v) is 5.79. The molecular weight excluding hydrogens is 234 g/mol. The van der Waals surface area contributed by atoms with Gasteiger partial charge in [-0.1, -0.05) is 30.3 Å². The zero-order valence-corrected chi connectivity index (χ0v) is 10.3. The molecule has 0 heterocycles. The largest absolute Gasteiger partial charge is 0.479 e. The topological polar surface area (TPSA) is 89.8 Å². The van der Waals surface area contributed by atoms with E-state index in [0.717, 1.165) is 5.56 Å². The van der Waals surface area contributed by atoms with E-state index in [0.29, 0.717) is 6.42 Å². The Hall–Kier alpha value is -1.43. The van der Waals surface area contributed by atoms with Gasteiger partial charge < -0.3 is 20.6 Å². The van der Waals surface area contributed by atoms with Gasteiger partial charge in [0.1, 0.15) is 0 Å². The van der Waals surface area contributed by atoms with E-state index < -0.39 is 11.6 Å². The first-order valence-electron chi connectivity index (χ1n) is 5.79. The molecule has 0 spiro atoms. The Balaban J connectivity index is 2.51. The minimum atomic E-state index is -1.83. The number of carboxylic acid groups (broad SMARTS) is 1. The lowest BCUT2D eigenvalue weighted by atomic mass is 10.0. The molecule has 0 bridgehead atoms. The summed E-state index contributed by atoms with van der Waals surface area (Å²) in [7, 11) is 0. The average molecular weight is 253 g/mol. The molecule has 1 aromatic carbocycles. The van der Waals surface area contributed by atoms with E-state index in [1.165, 1.54) is 6.92 Å². The summed E-state index contributed by atoms with van der Waals surface area (Å²) in [6.07, 6.45) is 0.576. The van der Waals surface area contributed by atoms with Crippen molar-refractivity contribution in [2.24, 2.45) is 0 Å². The number of carboxylic acids is 1. The van der Waals surface area contributed by atoms with Gasteiger partial charge in [0.2, 0.25) is 0 Å². The zero-order chi connectivity index (χ0) is 13.6. The van der Waals surface area contributed by atoms with Crippen LogP contribution in [0.2, 0.25) is 0 Å². The fraction of sp³-hybridized carbons (Fsp3) is 0.462. The van der Waals surface area contributed by atoms with E-state index >= 15 is 0 Å². The highest BCUT2D eigenvalue weighted by atomic mass is 16.4. The van der Waals surface area contributed by atoms with Crippen LogP contribution < -0.4 is 5.32 Å². The van der Waals surface area contributed by atoms with E-state index in [1.54, 1.807) is 0 Å². The lowest BCUT2D eigenvalue weighted by Crippen LogP contribution is -2.49. The Kier molecular flexibility index (Phi) is 5.27. The molecule has 0 fully saturated rings. The van der Waals surface area contributed by atoms with Crippen molar-refractivity contribution < 1.29 is 20.1 Å². The summed E-state index contributed by atoms with van der Waals surface area (Å²) in [4.78, 5) is 10.7. The molecule has 1 aromatic rings. The second-order valence-electron chi connectivity index (χ2n) is 4.53. The number of aliphatic hydroxyl groups excluding tert-OH is 1. The number of nitrogens with one attached hydrogen (secondary N) is 1. The van der Waals surface area contributed by atoms with Gasteiger partial charge >= 0.3 is 5.97 Å². The van der Waals surface area contributed by atoms with Crippen LogP contribution in [0.25, 0.3) is 0 Å². The zero-order valence-electron chi connectivity index (χ0n) is 10.3. The molecule has 0 aliphatic rings. The van der Waals surface area contributed by atoms with E-state index in [4.69, 9.17) is 5.11 Å². The number of hydrogen-bond acceptors (Lipinski definition) is 4. The van der Waals surface area contributed by atoms with Crippen LogP contribution in [0.4, 0.5) is 0 Å². The first kappa shape index (κ1) is 14.6. The van der Waals surface area contributed by atoms with Crippen molar-refractivity contribution in [3.05, 3.63) is 35.9 Å². The van der Waals surface area contributed by atoms with Crippen molar-refractivity contribution in [2.45, 2.75) is 25.0 Å². The standard InChI is InChI=1S/C13H19NO4/c1-13(18,12(16)17)9-14-11(8-15)7-10-5-3-2-4-6-10/h2-6,11,14-15,18H,7-9H2,1H3,(H,16,17). The van der Waals surface area contributed by atoms with Crippen LogP contribution in [0.15, 0.2) is 30.3 Å². The Morgan fingerprint density at radius 3 is 2.50 bits per heavy atom. The predicted molar refractivity (Wildman–Crippen MR) is 67.3 cm³/mol. The quantitative estimate of drug-likeness (QED) is 0.550. The lowest BCUT2D eigenvalue weighted by Gasteiger charge is -2.23. The molecule has 0 saturated carbocycles. The molecule has 18 heavy (non-hydrogen) atoms. The Bertz CT molecular complexity index is 378. The van der Waals surface area contributed by atoms with Gasteiger partial charge in [0.25, 0.3) is 0 Å². The molecule has 2 atom stereocenters. The van der Waals surface area contributed by atoms with Crippen LogP contribution in [-0.4, -0.2) is 46.1 Å². The van der Waals surface area contributed by atoms with Crippen LogP contribution in [0, 0.1) is 0 Å². The van der Waals surface area contributed by atoms with Crippen molar-refractivity contribution in [1.29, 1.82) is 0 Å². The fourth-order valence-corrected chi connectivity index (χ4v) is 1.52. The lowest BCUT2D eigenvalue weighted by molar-refractivity contribution is -0.156. The molecule has 5 heteroatoms. The third-order valence-corrected chi connectivity index (χ3v) is 2.74. The summed E-state index contributed by atoms with van der Waals surface area (Å²) in [6.45, 7) is 0.990. The van der Waals surface area contributed by atoms with E-state index in [-0.39, 0.29) is 19.2 Å². The van der Waals surface area contributed by atoms with Crippen molar-refractivity contribution >= 4 is 5.97 Å². The molecule has 0 aliphatic heterocycles. The number of benzene rings is 1. The summed E-state index contributed by atoms with van der Waals surface area (Å²) >= 11 is 0. The second-order valence-corrected chi connectivity index (χ2v) is 4.53.